The first-order valence-electron chi connectivity index (χ1n) is 33.4. The maximum atomic E-state index is 2.71. The molecule has 0 amide bonds. The molecule has 0 bridgehead atoms. The molecule has 0 aliphatic carbocycles. The van der Waals surface area contributed by atoms with Gasteiger partial charge in [0, 0.05) is 61.5 Å². The maximum Gasteiger partial charge on any atom is 0.252 e. The molecule has 13 aromatic carbocycles. The minimum atomic E-state index is -0.222. The molecule has 2 aliphatic rings. The number of hydrogen-bond acceptors (Lipinski definition) is 2. The van der Waals surface area contributed by atoms with Gasteiger partial charge in [-0.3, -0.25) is 0 Å². The molecule has 0 fully saturated rings. The molecule has 0 atom stereocenters. The molecular formula is C90H76BN3. The highest BCUT2D eigenvalue weighted by Crippen LogP contribution is 2.55. The maximum absolute atomic E-state index is 2.71. The molecule has 14 aromatic rings. The number of fused-ring (bicyclic) bond motifs is 7. The number of para-hydroxylation sites is 3. The fraction of sp³-hybridized carbons (Fsp3) is 0.133. The highest BCUT2D eigenvalue weighted by atomic mass is 15.2. The number of anilines is 6. The molecule has 3 nitrogen and oxygen atoms in total. The van der Waals surface area contributed by atoms with E-state index in [0.29, 0.717) is 0 Å². The van der Waals surface area contributed by atoms with Crippen molar-refractivity contribution < 1.29 is 0 Å². The van der Waals surface area contributed by atoms with E-state index in [1.165, 1.54) is 71.6 Å². The van der Waals surface area contributed by atoms with Crippen LogP contribution >= 0.6 is 0 Å². The third kappa shape index (κ3) is 9.89. The van der Waals surface area contributed by atoms with Crippen LogP contribution in [0.5, 0.6) is 0 Å². The standard InChI is InChI=1S/C90H76BN3/c1-88(2,3)66-47-52-80-75(56-66)74-39-25-26-44-79(74)92(80)68-48-50-77-82(58-68)94(87-72(62-35-21-13-22-36-62)42-28-43-73(87)63-37-23-14-24-38-63)84-55-65(69-49-46-67(89(4,5)6)57-76(69)90(7,8)9)54-83-85(84)91(77)78-53-64(59-29-15-10-16-30-59)45-51-81(78)93(83)86-70(60-31-17-11-18-32-60)40-27-41-71(86)61-33-19-12-20-34-61/h10-58H,1-9H3. The Morgan fingerprint density at radius 2 is 0.723 bits per heavy atom. The van der Waals surface area contributed by atoms with Crippen LogP contribution in [0.1, 0.15) is 79.0 Å². The summed E-state index contributed by atoms with van der Waals surface area (Å²) in [6.45, 7) is 20.9. The Bertz CT molecular complexity index is 5120. The van der Waals surface area contributed by atoms with E-state index in [9.17, 15) is 0 Å². The largest absolute Gasteiger partial charge is 0.310 e. The van der Waals surface area contributed by atoms with Gasteiger partial charge in [-0.1, -0.05) is 311 Å². The van der Waals surface area contributed by atoms with Crippen molar-refractivity contribution in [2.75, 3.05) is 9.80 Å². The lowest BCUT2D eigenvalue weighted by Gasteiger charge is -2.46. The molecule has 0 unspecified atom stereocenters. The molecule has 0 spiro atoms. The average Bonchev–Trinajstić information content (AvgIpc) is 0.751. The molecule has 2 aliphatic heterocycles. The van der Waals surface area contributed by atoms with Gasteiger partial charge < -0.3 is 14.4 Å². The van der Waals surface area contributed by atoms with Gasteiger partial charge in [0.15, 0.2) is 0 Å². The van der Waals surface area contributed by atoms with E-state index in [1.807, 2.05) is 0 Å². The lowest BCUT2D eigenvalue weighted by Crippen LogP contribution is -2.61. The summed E-state index contributed by atoms with van der Waals surface area (Å²) in [5.74, 6) is 0. The Morgan fingerprint density at radius 3 is 1.23 bits per heavy atom. The topological polar surface area (TPSA) is 11.4 Å². The molecule has 0 N–H and O–H groups in total. The minimum Gasteiger partial charge on any atom is -0.310 e. The van der Waals surface area contributed by atoms with Gasteiger partial charge in [0.2, 0.25) is 0 Å². The van der Waals surface area contributed by atoms with Crippen molar-refractivity contribution in [1.82, 2.24) is 4.57 Å². The van der Waals surface area contributed by atoms with Crippen LogP contribution in [0.3, 0.4) is 0 Å². The Morgan fingerprint density at radius 1 is 0.266 bits per heavy atom. The quantitative estimate of drug-likeness (QED) is 0.133. The highest BCUT2D eigenvalue weighted by molar-refractivity contribution is 7.00. The smallest absolute Gasteiger partial charge is 0.252 e. The Labute approximate surface area is 555 Å². The van der Waals surface area contributed by atoms with E-state index in [2.05, 4.69) is 374 Å². The first-order valence-corrected chi connectivity index (χ1v) is 33.4. The normalized spacial score (nSPS) is 12.9. The third-order valence-corrected chi connectivity index (χ3v) is 19.8. The molecule has 94 heavy (non-hydrogen) atoms. The van der Waals surface area contributed by atoms with Crippen LogP contribution in [0.25, 0.3) is 94.3 Å². The van der Waals surface area contributed by atoms with Crippen molar-refractivity contribution in [1.29, 1.82) is 0 Å². The van der Waals surface area contributed by atoms with Crippen LogP contribution in [-0.2, 0) is 16.2 Å². The number of nitrogens with zero attached hydrogens (tertiary/aromatic N) is 3. The van der Waals surface area contributed by atoms with Crippen molar-refractivity contribution in [2.24, 2.45) is 0 Å². The lowest BCUT2D eigenvalue weighted by atomic mass is 9.33. The first kappa shape index (κ1) is 58.4. The van der Waals surface area contributed by atoms with Crippen molar-refractivity contribution in [2.45, 2.75) is 78.6 Å². The molecular weight excluding hydrogens is 1130 g/mol. The Balaban J connectivity index is 1.11. The molecule has 0 radical (unpaired) electrons. The van der Waals surface area contributed by atoms with Crippen molar-refractivity contribution in [3.05, 3.63) is 314 Å². The molecule has 16 rings (SSSR count). The van der Waals surface area contributed by atoms with Gasteiger partial charge in [0.25, 0.3) is 6.71 Å². The van der Waals surface area contributed by atoms with Crippen LogP contribution < -0.4 is 26.2 Å². The molecule has 0 saturated carbocycles. The van der Waals surface area contributed by atoms with E-state index in [-0.39, 0.29) is 23.0 Å². The zero-order valence-corrected chi connectivity index (χ0v) is 55.2. The fourth-order valence-corrected chi connectivity index (χ4v) is 15.1. The summed E-state index contributed by atoms with van der Waals surface area (Å²) >= 11 is 0. The van der Waals surface area contributed by atoms with Crippen LogP contribution in [0.15, 0.2) is 297 Å². The van der Waals surface area contributed by atoms with E-state index in [4.69, 9.17) is 0 Å². The summed E-state index contributed by atoms with van der Waals surface area (Å²) < 4.78 is 2.52. The third-order valence-electron chi connectivity index (χ3n) is 19.8. The predicted molar refractivity (Wildman–Crippen MR) is 404 cm³/mol. The summed E-state index contributed by atoms with van der Waals surface area (Å²) in [6, 6.07) is 113. The van der Waals surface area contributed by atoms with Crippen molar-refractivity contribution >= 4 is 79.0 Å². The SMILES string of the molecule is CC(C)(C)c1ccc(-c2cc3c4c(c2)N(c2c(-c5ccccc5)cccc2-c2ccccc2)c2cc(-n5c6ccccc6c6cc(C(C)(C)C)ccc65)ccc2B4c2cc(-c4ccccc4)ccc2N3c2c(-c3ccccc3)cccc2-c2ccccc2)c(C(C)(C)C)c1. The van der Waals surface area contributed by atoms with Gasteiger partial charge >= 0.3 is 0 Å². The van der Waals surface area contributed by atoms with Gasteiger partial charge in [-0.05, 0) is 142 Å². The summed E-state index contributed by atoms with van der Waals surface area (Å²) in [5, 5.41) is 2.50. The molecule has 4 heteroatoms. The number of aromatic nitrogens is 1. The molecule has 0 saturated heterocycles. The van der Waals surface area contributed by atoms with E-state index < -0.39 is 0 Å². The minimum absolute atomic E-state index is 0.0291. The Hall–Kier alpha value is -10.7. The second-order valence-electron chi connectivity index (χ2n) is 28.9. The number of rotatable bonds is 9. The monoisotopic (exact) mass is 1210 g/mol. The molecule has 1 aromatic heterocycles. The second kappa shape index (κ2) is 22.6. The highest BCUT2D eigenvalue weighted by Gasteiger charge is 2.46. The fourth-order valence-electron chi connectivity index (χ4n) is 15.1. The van der Waals surface area contributed by atoms with Gasteiger partial charge in [0.05, 0.1) is 22.4 Å². The zero-order chi connectivity index (χ0) is 64.2. The van der Waals surface area contributed by atoms with Crippen LogP contribution in [0.2, 0.25) is 0 Å². The summed E-state index contributed by atoms with van der Waals surface area (Å²) in [7, 11) is 0. The molecule has 3 heterocycles. The second-order valence-corrected chi connectivity index (χ2v) is 28.9. The van der Waals surface area contributed by atoms with Crippen LogP contribution in [-0.4, -0.2) is 11.3 Å². The summed E-state index contributed by atoms with van der Waals surface area (Å²) in [5.41, 5.74) is 31.6. The summed E-state index contributed by atoms with van der Waals surface area (Å²) in [4.78, 5) is 5.39. The van der Waals surface area contributed by atoms with Gasteiger partial charge in [0.1, 0.15) is 0 Å². The number of hydrogen-bond donors (Lipinski definition) is 0. The van der Waals surface area contributed by atoms with Crippen LogP contribution in [0.4, 0.5) is 34.1 Å². The number of benzene rings is 13. The van der Waals surface area contributed by atoms with Gasteiger partial charge in [-0.2, -0.15) is 0 Å². The zero-order valence-electron chi connectivity index (χ0n) is 55.2. The van der Waals surface area contributed by atoms with Crippen molar-refractivity contribution in [3.8, 4) is 72.4 Å². The van der Waals surface area contributed by atoms with E-state index in [1.54, 1.807) is 0 Å². The first-order chi connectivity index (χ1) is 45.6. The van der Waals surface area contributed by atoms with E-state index >= 15 is 0 Å². The van der Waals surface area contributed by atoms with Crippen molar-refractivity contribution in [3.63, 3.8) is 0 Å². The summed E-state index contributed by atoms with van der Waals surface area (Å²) in [6.07, 6.45) is 0. The average molecular weight is 1210 g/mol. The van der Waals surface area contributed by atoms with E-state index in [0.717, 1.165) is 89.9 Å². The lowest BCUT2D eigenvalue weighted by molar-refractivity contribution is 0.570. The van der Waals surface area contributed by atoms with Gasteiger partial charge in [-0.15, -0.1) is 0 Å². The molecule has 454 valence electrons. The van der Waals surface area contributed by atoms with Crippen LogP contribution in [0, 0.1) is 0 Å². The Kier molecular flexibility index (Phi) is 14.0. The van der Waals surface area contributed by atoms with Gasteiger partial charge in [-0.25, -0.2) is 0 Å². The predicted octanol–water partition coefficient (Wildman–Crippen LogP) is 22.8.